The van der Waals surface area contributed by atoms with Crippen molar-refractivity contribution in [1.29, 1.82) is 0 Å². The van der Waals surface area contributed by atoms with Crippen molar-refractivity contribution in [3.63, 3.8) is 0 Å². The first-order valence-electron chi connectivity index (χ1n) is 4.46. The Hall–Kier alpha value is -1.55. The van der Waals surface area contributed by atoms with E-state index in [1.807, 2.05) is 30.3 Å². The second kappa shape index (κ2) is 4.31. The van der Waals surface area contributed by atoms with E-state index in [0.717, 1.165) is 14.9 Å². The number of para-hydroxylation sites is 1. The molecule has 0 aliphatic carbocycles. The van der Waals surface area contributed by atoms with Gasteiger partial charge in [-0.05, 0) is 18.2 Å². The van der Waals surface area contributed by atoms with Gasteiger partial charge in [0.1, 0.15) is 5.69 Å². The lowest BCUT2D eigenvalue weighted by Crippen LogP contribution is -2.28. The Labute approximate surface area is 96.1 Å². The fourth-order valence-electron chi connectivity index (χ4n) is 1.22. The van der Waals surface area contributed by atoms with E-state index in [0.29, 0.717) is 5.82 Å². The molecule has 4 heteroatoms. The van der Waals surface area contributed by atoms with Crippen molar-refractivity contribution in [2.24, 2.45) is 0 Å². The molecule has 1 aromatic carbocycles. The van der Waals surface area contributed by atoms with E-state index >= 15 is 0 Å². The molecule has 1 N–H and O–H groups in total. The lowest BCUT2D eigenvalue weighted by molar-refractivity contribution is -0.590. The van der Waals surface area contributed by atoms with Gasteiger partial charge < -0.3 is 5.21 Å². The second-order valence-corrected chi connectivity index (χ2v) is 3.96. The van der Waals surface area contributed by atoms with Crippen LogP contribution in [0.2, 0.25) is 0 Å². The normalized spacial score (nSPS) is 9.93. The number of nitrogens with zero attached hydrogens (tertiary/aromatic N) is 1. The van der Waals surface area contributed by atoms with Crippen LogP contribution in [0.5, 0.6) is 0 Å². The van der Waals surface area contributed by atoms with Crippen LogP contribution < -0.4 is 10.0 Å². The summed E-state index contributed by atoms with van der Waals surface area (Å²) in [6.45, 7) is 0. The maximum Gasteiger partial charge on any atom is 0.283 e. The highest BCUT2D eigenvalue weighted by atomic mass is 79.9. The molecule has 0 radical (unpaired) electrons. The maximum atomic E-state index is 11.4. The van der Waals surface area contributed by atoms with Gasteiger partial charge in [0.15, 0.2) is 0 Å². The fourth-order valence-corrected chi connectivity index (χ4v) is 1.56. The van der Waals surface area contributed by atoms with Gasteiger partial charge in [-0.3, -0.25) is 0 Å². The summed E-state index contributed by atoms with van der Waals surface area (Å²) in [7, 11) is 0. The molecule has 0 fully saturated rings. The molecule has 1 heterocycles. The summed E-state index contributed by atoms with van der Waals surface area (Å²) in [5.74, 6) is 0.496. The molecule has 76 valence electrons. The topological polar surface area (TPSA) is 39.0 Å². The molecule has 0 unspecified atom stereocenters. The molecule has 0 saturated heterocycles. The van der Waals surface area contributed by atoms with E-state index in [2.05, 4.69) is 21.2 Å². The number of benzene rings is 1. The predicted octanol–water partition coefficient (Wildman–Crippen LogP) is 2.83. The summed E-state index contributed by atoms with van der Waals surface area (Å²) in [5, 5.41) is 14.4. The Morgan fingerprint density at radius 3 is 2.60 bits per heavy atom. The molecule has 15 heavy (non-hydrogen) atoms. The number of nitrogens with one attached hydrogen (secondary N) is 1. The summed E-state index contributed by atoms with van der Waals surface area (Å²) in [4.78, 5) is 0. The van der Waals surface area contributed by atoms with Crippen LogP contribution in [0, 0.1) is 5.21 Å². The van der Waals surface area contributed by atoms with Gasteiger partial charge in [0.25, 0.3) is 5.82 Å². The summed E-state index contributed by atoms with van der Waals surface area (Å²) in [5.41, 5.74) is 0.889. The van der Waals surface area contributed by atoms with Crippen molar-refractivity contribution >= 4 is 27.4 Å². The Balaban J connectivity index is 2.28. The van der Waals surface area contributed by atoms with Crippen LogP contribution in [-0.4, -0.2) is 0 Å². The van der Waals surface area contributed by atoms with Crippen molar-refractivity contribution in [1.82, 2.24) is 0 Å². The number of anilines is 2. The number of rotatable bonds is 2. The second-order valence-electron chi connectivity index (χ2n) is 3.05. The number of halogens is 1. The fraction of sp³-hybridized carbons (Fsp3) is 0. The molecule has 0 aliphatic heterocycles. The third-order valence-corrected chi connectivity index (χ3v) is 2.42. The largest absolute Gasteiger partial charge is 0.711 e. The molecule has 0 amide bonds. The first-order chi connectivity index (χ1) is 7.25. The standard InChI is InChI=1S/C11H9BrN2O/c12-9-6-7-14(15)11(8-9)13-10-4-2-1-3-5-10/h1-8,13H. The molecule has 3 nitrogen and oxygen atoms in total. The number of pyridine rings is 1. The van der Waals surface area contributed by atoms with E-state index in [1.54, 1.807) is 12.1 Å². The van der Waals surface area contributed by atoms with E-state index < -0.39 is 0 Å². The minimum Gasteiger partial charge on any atom is -0.711 e. The highest BCUT2D eigenvalue weighted by molar-refractivity contribution is 9.10. The van der Waals surface area contributed by atoms with Crippen LogP contribution in [0.25, 0.3) is 0 Å². The average molecular weight is 265 g/mol. The Bertz CT molecular complexity index is 459. The zero-order valence-electron chi connectivity index (χ0n) is 7.85. The Kier molecular flexibility index (Phi) is 2.87. The molecule has 0 bridgehead atoms. The van der Waals surface area contributed by atoms with Gasteiger partial charge in [-0.1, -0.05) is 34.1 Å². The number of aromatic nitrogens is 1. The molecule has 2 aromatic rings. The SMILES string of the molecule is [O-][n+]1ccc(Br)cc1Nc1ccccc1. The first-order valence-corrected chi connectivity index (χ1v) is 5.26. The van der Waals surface area contributed by atoms with E-state index in [9.17, 15) is 5.21 Å². The molecular weight excluding hydrogens is 256 g/mol. The third-order valence-electron chi connectivity index (χ3n) is 1.93. The Morgan fingerprint density at radius 1 is 1.13 bits per heavy atom. The van der Waals surface area contributed by atoms with Crippen LogP contribution in [0.4, 0.5) is 11.5 Å². The van der Waals surface area contributed by atoms with Crippen molar-refractivity contribution in [3.05, 3.63) is 58.3 Å². The van der Waals surface area contributed by atoms with Crippen LogP contribution in [0.3, 0.4) is 0 Å². The first kappa shape index (κ1) is 9.98. The predicted molar refractivity (Wildman–Crippen MR) is 62.8 cm³/mol. The van der Waals surface area contributed by atoms with Crippen LogP contribution in [0.15, 0.2) is 53.1 Å². The van der Waals surface area contributed by atoms with Gasteiger partial charge in [-0.15, -0.1) is 0 Å². The zero-order chi connectivity index (χ0) is 10.7. The minimum atomic E-state index is 0.496. The van der Waals surface area contributed by atoms with Crippen LogP contribution >= 0.6 is 15.9 Å². The Morgan fingerprint density at radius 2 is 1.87 bits per heavy atom. The lowest BCUT2D eigenvalue weighted by atomic mass is 10.3. The van der Waals surface area contributed by atoms with Gasteiger partial charge >= 0.3 is 0 Å². The highest BCUT2D eigenvalue weighted by Crippen LogP contribution is 2.16. The smallest absolute Gasteiger partial charge is 0.283 e. The summed E-state index contributed by atoms with van der Waals surface area (Å²) in [6, 6.07) is 13.0. The number of hydrogen-bond acceptors (Lipinski definition) is 2. The molecule has 0 atom stereocenters. The van der Waals surface area contributed by atoms with Gasteiger partial charge in [-0.2, -0.15) is 0 Å². The van der Waals surface area contributed by atoms with Crippen molar-refractivity contribution < 1.29 is 4.73 Å². The minimum absolute atomic E-state index is 0.496. The quantitative estimate of drug-likeness (QED) is 0.669. The van der Waals surface area contributed by atoms with Crippen LogP contribution in [-0.2, 0) is 0 Å². The molecule has 0 saturated carbocycles. The van der Waals surface area contributed by atoms with Gasteiger partial charge in [0.05, 0.1) is 6.20 Å². The van der Waals surface area contributed by atoms with Crippen molar-refractivity contribution in [2.45, 2.75) is 0 Å². The molecule has 1 aromatic heterocycles. The van der Waals surface area contributed by atoms with E-state index in [-0.39, 0.29) is 0 Å². The molecule has 0 aliphatic rings. The summed E-state index contributed by atoms with van der Waals surface area (Å²) >= 11 is 3.32. The molecular formula is C11H9BrN2O. The van der Waals surface area contributed by atoms with Gasteiger partial charge in [-0.25, -0.2) is 10.0 Å². The van der Waals surface area contributed by atoms with Gasteiger partial charge in [0.2, 0.25) is 0 Å². The third kappa shape index (κ3) is 2.47. The summed E-state index contributed by atoms with van der Waals surface area (Å²) < 4.78 is 1.66. The van der Waals surface area contributed by atoms with E-state index in [1.165, 1.54) is 6.20 Å². The molecule has 0 spiro atoms. The monoisotopic (exact) mass is 264 g/mol. The average Bonchev–Trinajstić information content (AvgIpc) is 2.25. The summed E-state index contributed by atoms with van der Waals surface area (Å²) in [6.07, 6.45) is 1.45. The number of hydrogen-bond donors (Lipinski definition) is 1. The highest BCUT2D eigenvalue weighted by Gasteiger charge is 2.04. The van der Waals surface area contributed by atoms with Gasteiger partial charge in [0, 0.05) is 10.5 Å². The van der Waals surface area contributed by atoms with E-state index in [4.69, 9.17) is 0 Å². The van der Waals surface area contributed by atoms with Crippen molar-refractivity contribution in [3.8, 4) is 0 Å². The maximum absolute atomic E-state index is 11.4. The molecule has 2 rings (SSSR count). The van der Waals surface area contributed by atoms with Crippen molar-refractivity contribution in [2.75, 3.05) is 5.32 Å². The lowest BCUT2D eigenvalue weighted by Gasteiger charge is -2.08. The van der Waals surface area contributed by atoms with Crippen LogP contribution in [0.1, 0.15) is 0 Å². The zero-order valence-corrected chi connectivity index (χ0v) is 9.44.